The molecule has 0 bridgehead atoms. The molecule has 0 aliphatic carbocycles. The Bertz CT molecular complexity index is 563. The first kappa shape index (κ1) is 15.0. The smallest absolute Gasteiger partial charge is 0.251 e. The van der Waals surface area contributed by atoms with Crippen LogP contribution in [0.1, 0.15) is 46.7 Å². The van der Waals surface area contributed by atoms with Gasteiger partial charge in [-0.05, 0) is 36.9 Å². The fraction of sp³-hybridized carbons (Fsp3) is 0.333. The van der Waals surface area contributed by atoms with Crippen molar-refractivity contribution >= 4 is 28.8 Å². The number of pyridine rings is 1. The molecule has 0 saturated carbocycles. The van der Waals surface area contributed by atoms with Gasteiger partial charge in [-0.2, -0.15) is 0 Å². The van der Waals surface area contributed by atoms with Crippen LogP contribution in [0.5, 0.6) is 0 Å². The minimum absolute atomic E-state index is 0.0553. The Kier molecular flexibility index (Phi) is 5.15. The van der Waals surface area contributed by atoms with Gasteiger partial charge in [-0.15, -0.1) is 11.3 Å². The molecule has 2 aromatic rings. The molecule has 1 atom stereocenters. The van der Waals surface area contributed by atoms with Gasteiger partial charge in [-0.1, -0.05) is 31.0 Å². The van der Waals surface area contributed by atoms with Crippen LogP contribution in [0.4, 0.5) is 0 Å². The quantitative estimate of drug-likeness (QED) is 0.833. The first-order valence-electron chi connectivity index (χ1n) is 6.58. The summed E-state index contributed by atoms with van der Waals surface area (Å²) >= 11 is 7.56. The Labute approximate surface area is 128 Å². The Morgan fingerprint density at radius 3 is 2.90 bits per heavy atom. The number of halogens is 1. The second-order valence-corrected chi connectivity index (χ2v) is 6.02. The van der Waals surface area contributed by atoms with E-state index < -0.39 is 0 Å². The molecular formula is C15H17ClN2OS. The number of carbonyl (C=O) groups is 1. The highest BCUT2D eigenvalue weighted by atomic mass is 35.5. The monoisotopic (exact) mass is 308 g/mol. The van der Waals surface area contributed by atoms with Crippen molar-refractivity contribution in [3.63, 3.8) is 0 Å². The predicted molar refractivity (Wildman–Crippen MR) is 83.4 cm³/mol. The van der Waals surface area contributed by atoms with Crippen LogP contribution in [0.3, 0.4) is 0 Å². The number of aromatic nitrogens is 1. The number of thiophene rings is 1. The highest BCUT2D eigenvalue weighted by Crippen LogP contribution is 2.24. The zero-order chi connectivity index (χ0) is 14.5. The predicted octanol–water partition coefficient (Wildman–Crippen LogP) is 4.38. The number of carbonyl (C=O) groups excluding carboxylic acids is 1. The van der Waals surface area contributed by atoms with E-state index in [0.29, 0.717) is 10.7 Å². The van der Waals surface area contributed by atoms with E-state index in [4.69, 9.17) is 11.6 Å². The Hall–Kier alpha value is -1.39. The number of rotatable bonds is 5. The van der Waals surface area contributed by atoms with Crippen LogP contribution in [0, 0.1) is 6.92 Å². The van der Waals surface area contributed by atoms with Gasteiger partial charge < -0.3 is 5.32 Å². The van der Waals surface area contributed by atoms with E-state index in [-0.39, 0.29) is 11.9 Å². The third-order valence-corrected chi connectivity index (χ3v) is 4.13. The molecule has 0 aliphatic heterocycles. The highest BCUT2D eigenvalue weighted by molar-refractivity contribution is 7.10. The fourth-order valence-corrected chi connectivity index (χ4v) is 3.13. The largest absolute Gasteiger partial charge is 0.344 e. The SMILES string of the molecule is CCCC(NC(=O)c1cc(C)nc(Cl)c1)c1cccs1. The number of hydrogen-bond donors (Lipinski definition) is 1. The van der Waals surface area contributed by atoms with Crippen molar-refractivity contribution in [2.24, 2.45) is 0 Å². The molecule has 0 radical (unpaired) electrons. The minimum Gasteiger partial charge on any atom is -0.344 e. The summed E-state index contributed by atoms with van der Waals surface area (Å²) in [7, 11) is 0. The highest BCUT2D eigenvalue weighted by Gasteiger charge is 2.16. The topological polar surface area (TPSA) is 42.0 Å². The van der Waals surface area contributed by atoms with Crippen molar-refractivity contribution in [2.75, 3.05) is 0 Å². The summed E-state index contributed by atoms with van der Waals surface area (Å²) in [6, 6.07) is 7.46. The summed E-state index contributed by atoms with van der Waals surface area (Å²) in [6.45, 7) is 3.94. The van der Waals surface area contributed by atoms with E-state index in [9.17, 15) is 4.79 Å². The molecule has 2 rings (SSSR count). The Morgan fingerprint density at radius 2 is 2.30 bits per heavy atom. The maximum Gasteiger partial charge on any atom is 0.251 e. The van der Waals surface area contributed by atoms with E-state index in [1.807, 2.05) is 18.4 Å². The van der Waals surface area contributed by atoms with Gasteiger partial charge in [0.15, 0.2) is 0 Å². The van der Waals surface area contributed by atoms with E-state index in [0.717, 1.165) is 18.5 Å². The molecule has 2 heterocycles. The number of hydrogen-bond acceptors (Lipinski definition) is 3. The lowest BCUT2D eigenvalue weighted by Crippen LogP contribution is -2.28. The van der Waals surface area contributed by atoms with Crippen LogP contribution in [-0.4, -0.2) is 10.9 Å². The average Bonchev–Trinajstić information content (AvgIpc) is 2.90. The maximum absolute atomic E-state index is 12.3. The number of amides is 1. The van der Waals surface area contributed by atoms with Crippen molar-refractivity contribution in [1.29, 1.82) is 0 Å². The van der Waals surface area contributed by atoms with E-state index in [1.54, 1.807) is 23.5 Å². The van der Waals surface area contributed by atoms with Gasteiger partial charge in [0.1, 0.15) is 5.15 Å². The summed E-state index contributed by atoms with van der Waals surface area (Å²) in [5, 5.41) is 5.45. The van der Waals surface area contributed by atoms with Crippen molar-refractivity contribution in [3.05, 3.63) is 50.9 Å². The lowest BCUT2D eigenvalue weighted by Gasteiger charge is -2.17. The maximum atomic E-state index is 12.3. The molecule has 0 spiro atoms. The third kappa shape index (κ3) is 3.81. The van der Waals surface area contributed by atoms with Gasteiger partial charge >= 0.3 is 0 Å². The van der Waals surface area contributed by atoms with Crippen molar-refractivity contribution in [2.45, 2.75) is 32.7 Å². The fourth-order valence-electron chi connectivity index (χ4n) is 2.06. The molecule has 1 N–H and O–H groups in total. The van der Waals surface area contributed by atoms with Crippen LogP contribution in [-0.2, 0) is 0 Å². The zero-order valence-corrected chi connectivity index (χ0v) is 13.1. The normalized spacial score (nSPS) is 12.2. The van der Waals surface area contributed by atoms with E-state index >= 15 is 0 Å². The molecule has 2 aromatic heterocycles. The first-order chi connectivity index (χ1) is 9.60. The Balaban J connectivity index is 2.16. The first-order valence-corrected chi connectivity index (χ1v) is 7.84. The lowest BCUT2D eigenvalue weighted by atomic mass is 10.1. The van der Waals surface area contributed by atoms with Gasteiger partial charge in [0, 0.05) is 16.1 Å². The average molecular weight is 309 g/mol. The Morgan fingerprint density at radius 1 is 1.50 bits per heavy atom. The van der Waals surface area contributed by atoms with E-state index in [1.165, 1.54) is 4.88 Å². The van der Waals surface area contributed by atoms with Gasteiger partial charge in [0.2, 0.25) is 0 Å². The molecule has 0 aromatic carbocycles. The van der Waals surface area contributed by atoms with Gasteiger partial charge in [0.05, 0.1) is 6.04 Å². The van der Waals surface area contributed by atoms with Crippen molar-refractivity contribution < 1.29 is 4.79 Å². The summed E-state index contributed by atoms with van der Waals surface area (Å²) < 4.78 is 0. The number of nitrogens with one attached hydrogen (secondary N) is 1. The van der Waals surface area contributed by atoms with Crippen molar-refractivity contribution in [1.82, 2.24) is 10.3 Å². The summed E-state index contributed by atoms with van der Waals surface area (Å²) in [6.07, 6.45) is 1.93. The molecule has 3 nitrogen and oxygen atoms in total. The lowest BCUT2D eigenvalue weighted by molar-refractivity contribution is 0.0935. The van der Waals surface area contributed by atoms with Crippen LogP contribution in [0.2, 0.25) is 5.15 Å². The standard InChI is InChI=1S/C15H17ClN2OS/c1-3-5-12(13-6-4-7-20-13)18-15(19)11-8-10(2)17-14(16)9-11/h4,6-9,12H,3,5H2,1-2H3,(H,18,19). The third-order valence-electron chi connectivity index (χ3n) is 2.95. The molecule has 106 valence electrons. The molecule has 1 amide bonds. The van der Waals surface area contributed by atoms with Crippen LogP contribution < -0.4 is 5.32 Å². The molecule has 0 saturated heterocycles. The molecule has 0 fully saturated rings. The molecule has 0 aliphatic rings. The summed E-state index contributed by atoms with van der Waals surface area (Å²) in [5.74, 6) is -0.107. The number of nitrogens with zero attached hydrogens (tertiary/aromatic N) is 1. The molecular weight excluding hydrogens is 292 g/mol. The zero-order valence-electron chi connectivity index (χ0n) is 11.5. The molecule has 20 heavy (non-hydrogen) atoms. The van der Waals surface area contributed by atoms with Gasteiger partial charge in [-0.3, -0.25) is 4.79 Å². The van der Waals surface area contributed by atoms with Crippen LogP contribution >= 0.6 is 22.9 Å². The summed E-state index contributed by atoms with van der Waals surface area (Å²) in [5.41, 5.74) is 1.30. The van der Waals surface area contributed by atoms with Crippen LogP contribution in [0.25, 0.3) is 0 Å². The van der Waals surface area contributed by atoms with Crippen molar-refractivity contribution in [3.8, 4) is 0 Å². The minimum atomic E-state index is -0.107. The summed E-state index contributed by atoms with van der Waals surface area (Å²) in [4.78, 5) is 17.6. The second kappa shape index (κ2) is 6.86. The second-order valence-electron chi connectivity index (χ2n) is 4.65. The van der Waals surface area contributed by atoms with Gasteiger partial charge in [-0.25, -0.2) is 4.98 Å². The number of aryl methyl sites for hydroxylation is 1. The molecule has 1 unspecified atom stereocenters. The van der Waals surface area contributed by atoms with E-state index in [2.05, 4.69) is 23.3 Å². The van der Waals surface area contributed by atoms with Gasteiger partial charge in [0.25, 0.3) is 5.91 Å². The molecule has 5 heteroatoms. The van der Waals surface area contributed by atoms with Crippen LogP contribution in [0.15, 0.2) is 29.6 Å².